The molecule has 0 bridgehead atoms. The third-order valence-corrected chi connectivity index (χ3v) is 3.62. The van der Waals surface area contributed by atoms with E-state index in [4.69, 9.17) is 10.5 Å². The van der Waals surface area contributed by atoms with E-state index in [-0.39, 0.29) is 0 Å². The quantitative estimate of drug-likeness (QED) is 0.879. The SMILES string of the molecule is CC(C)n1ccc(COc2ccc(CCN)cc2Br)n1. The summed E-state index contributed by atoms with van der Waals surface area (Å²) in [6, 6.07) is 8.41. The molecule has 1 aromatic carbocycles. The van der Waals surface area contributed by atoms with Gasteiger partial charge in [0.1, 0.15) is 12.4 Å². The molecule has 0 saturated heterocycles. The van der Waals surface area contributed by atoms with Gasteiger partial charge in [0.15, 0.2) is 0 Å². The van der Waals surface area contributed by atoms with Crippen LogP contribution in [0.4, 0.5) is 0 Å². The number of ether oxygens (including phenoxy) is 1. The number of hydrogen-bond acceptors (Lipinski definition) is 3. The first-order valence-electron chi connectivity index (χ1n) is 6.75. The highest BCUT2D eigenvalue weighted by Gasteiger charge is 2.06. The molecule has 2 aromatic rings. The molecule has 0 aliphatic carbocycles. The van der Waals surface area contributed by atoms with Crippen LogP contribution in [0.15, 0.2) is 34.9 Å². The van der Waals surface area contributed by atoms with Crippen molar-refractivity contribution < 1.29 is 4.74 Å². The van der Waals surface area contributed by atoms with E-state index in [1.54, 1.807) is 0 Å². The average Bonchev–Trinajstić information content (AvgIpc) is 2.87. The van der Waals surface area contributed by atoms with Gasteiger partial charge in [0.2, 0.25) is 0 Å². The topological polar surface area (TPSA) is 53.1 Å². The van der Waals surface area contributed by atoms with Gasteiger partial charge in [0.25, 0.3) is 0 Å². The molecular weight excluding hydrogens is 318 g/mol. The van der Waals surface area contributed by atoms with Crippen molar-refractivity contribution >= 4 is 15.9 Å². The minimum atomic E-state index is 0.367. The zero-order chi connectivity index (χ0) is 14.5. The summed E-state index contributed by atoms with van der Waals surface area (Å²) < 4.78 is 8.67. The molecule has 2 N–H and O–H groups in total. The molecule has 0 unspecified atom stereocenters. The first kappa shape index (κ1) is 15.1. The van der Waals surface area contributed by atoms with Crippen LogP contribution in [0, 0.1) is 0 Å². The van der Waals surface area contributed by atoms with E-state index in [1.807, 2.05) is 29.1 Å². The predicted molar refractivity (Wildman–Crippen MR) is 83.8 cm³/mol. The van der Waals surface area contributed by atoms with Gasteiger partial charge in [-0.05, 0) is 66.5 Å². The Labute approximate surface area is 128 Å². The standard InChI is InChI=1S/C15H20BrN3O/c1-11(2)19-8-6-13(18-19)10-20-15-4-3-12(5-7-17)9-14(15)16/h3-4,6,8-9,11H,5,7,10,17H2,1-2H3. The summed E-state index contributed by atoms with van der Waals surface area (Å²) in [6.07, 6.45) is 2.85. The molecule has 1 aromatic heterocycles. The Morgan fingerprint density at radius 3 is 2.75 bits per heavy atom. The lowest BCUT2D eigenvalue weighted by atomic mass is 10.1. The molecule has 2 rings (SSSR count). The van der Waals surface area contributed by atoms with E-state index < -0.39 is 0 Å². The van der Waals surface area contributed by atoms with E-state index in [9.17, 15) is 0 Å². The number of aromatic nitrogens is 2. The maximum atomic E-state index is 5.80. The number of nitrogens with zero attached hydrogens (tertiary/aromatic N) is 2. The molecule has 0 amide bonds. The van der Waals surface area contributed by atoms with Crippen molar-refractivity contribution in [3.8, 4) is 5.75 Å². The monoisotopic (exact) mass is 337 g/mol. The summed E-state index contributed by atoms with van der Waals surface area (Å²) in [6.45, 7) is 5.32. The van der Waals surface area contributed by atoms with Crippen molar-refractivity contribution in [2.24, 2.45) is 5.73 Å². The Balaban J connectivity index is 1.99. The van der Waals surface area contributed by atoms with E-state index in [0.29, 0.717) is 19.2 Å². The molecule has 0 atom stereocenters. The largest absolute Gasteiger partial charge is 0.486 e. The Hall–Kier alpha value is -1.33. The Bertz CT molecular complexity index is 566. The number of hydrogen-bond donors (Lipinski definition) is 1. The van der Waals surface area contributed by atoms with Crippen LogP contribution in [-0.2, 0) is 13.0 Å². The van der Waals surface area contributed by atoms with Crippen LogP contribution in [0.25, 0.3) is 0 Å². The number of nitrogens with two attached hydrogens (primary N) is 1. The van der Waals surface area contributed by atoms with Gasteiger partial charge in [0.05, 0.1) is 10.2 Å². The van der Waals surface area contributed by atoms with Crippen LogP contribution in [0.1, 0.15) is 31.1 Å². The van der Waals surface area contributed by atoms with Crippen LogP contribution >= 0.6 is 15.9 Å². The van der Waals surface area contributed by atoms with Gasteiger partial charge in [-0.1, -0.05) is 6.07 Å². The number of rotatable bonds is 6. The second kappa shape index (κ2) is 6.90. The van der Waals surface area contributed by atoms with Crippen molar-refractivity contribution in [2.75, 3.05) is 6.54 Å². The molecule has 108 valence electrons. The molecule has 1 heterocycles. The maximum absolute atomic E-state index is 5.80. The second-order valence-corrected chi connectivity index (χ2v) is 5.83. The third kappa shape index (κ3) is 3.84. The normalized spacial score (nSPS) is 11.1. The van der Waals surface area contributed by atoms with Gasteiger partial charge in [-0.25, -0.2) is 0 Å². The van der Waals surface area contributed by atoms with Gasteiger partial charge < -0.3 is 10.5 Å². The van der Waals surface area contributed by atoms with Crippen LogP contribution < -0.4 is 10.5 Å². The van der Waals surface area contributed by atoms with Crippen LogP contribution in [0.5, 0.6) is 5.75 Å². The van der Waals surface area contributed by atoms with E-state index in [2.05, 4.69) is 40.9 Å². The molecule has 5 heteroatoms. The smallest absolute Gasteiger partial charge is 0.134 e. The minimum Gasteiger partial charge on any atom is -0.486 e. The fourth-order valence-electron chi connectivity index (χ4n) is 1.88. The second-order valence-electron chi connectivity index (χ2n) is 4.97. The minimum absolute atomic E-state index is 0.367. The molecule has 0 fully saturated rings. The molecule has 0 saturated carbocycles. The highest BCUT2D eigenvalue weighted by molar-refractivity contribution is 9.10. The Morgan fingerprint density at radius 1 is 1.35 bits per heavy atom. The summed E-state index contributed by atoms with van der Waals surface area (Å²) in [5, 5.41) is 4.46. The Morgan fingerprint density at radius 2 is 2.15 bits per heavy atom. The van der Waals surface area contributed by atoms with Gasteiger partial charge in [-0.3, -0.25) is 4.68 Å². The lowest BCUT2D eigenvalue weighted by Crippen LogP contribution is -2.04. The van der Waals surface area contributed by atoms with Gasteiger partial charge in [-0.2, -0.15) is 5.10 Å². The molecule has 0 aliphatic rings. The van der Waals surface area contributed by atoms with Gasteiger partial charge in [-0.15, -0.1) is 0 Å². The van der Waals surface area contributed by atoms with Crippen molar-refractivity contribution in [1.29, 1.82) is 0 Å². The first-order valence-corrected chi connectivity index (χ1v) is 7.54. The lowest BCUT2D eigenvalue weighted by molar-refractivity contribution is 0.296. The van der Waals surface area contributed by atoms with Crippen molar-refractivity contribution in [3.05, 3.63) is 46.2 Å². The highest BCUT2D eigenvalue weighted by atomic mass is 79.9. The summed E-state index contributed by atoms with van der Waals surface area (Å²) in [5.74, 6) is 0.824. The molecule has 4 nitrogen and oxygen atoms in total. The summed E-state index contributed by atoms with van der Waals surface area (Å²) in [4.78, 5) is 0. The Kier molecular flexibility index (Phi) is 5.20. The third-order valence-electron chi connectivity index (χ3n) is 3.00. The van der Waals surface area contributed by atoms with E-state index in [1.165, 1.54) is 5.56 Å². The highest BCUT2D eigenvalue weighted by Crippen LogP contribution is 2.26. The average molecular weight is 338 g/mol. The summed E-state index contributed by atoms with van der Waals surface area (Å²) in [7, 11) is 0. The van der Waals surface area contributed by atoms with Crippen LogP contribution in [0.2, 0.25) is 0 Å². The van der Waals surface area contributed by atoms with Gasteiger partial charge >= 0.3 is 0 Å². The zero-order valence-electron chi connectivity index (χ0n) is 11.8. The van der Waals surface area contributed by atoms with Crippen molar-refractivity contribution in [1.82, 2.24) is 9.78 Å². The van der Waals surface area contributed by atoms with Gasteiger partial charge in [0, 0.05) is 12.2 Å². The van der Waals surface area contributed by atoms with E-state index in [0.717, 1.165) is 22.3 Å². The fourth-order valence-corrected chi connectivity index (χ4v) is 2.42. The van der Waals surface area contributed by atoms with E-state index >= 15 is 0 Å². The molecule has 20 heavy (non-hydrogen) atoms. The summed E-state index contributed by atoms with van der Waals surface area (Å²) in [5.41, 5.74) is 7.68. The first-order chi connectivity index (χ1) is 9.60. The van der Waals surface area contributed by atoms with Crippen molar-refractivity contribution in [2.45, 2.75) is 32.9 Å². The molecule has 0 spiro atoms. The van der Waals surface area contributed by atoms with Crippen LogP contribution in [-0.4, -0.2) is 16.3 Å². The zero-order valence-corrected chi connectivity index (χ0v) is 13.4. The molecule has 0 aliphatic heterocycles. The lowest BCUT2D eigenvalue weighted by Gasteiger charge is -2.09. The maximum Gasteiger partial charge on any atom is 0.134 e. The number of halogens is 1. The summed E-state index contributed by atoms with van der Waals surface area (Å²) >= 11 is 3.53. The molecular formula is C15H20BrN3O. The molecule has 0 radical (unpaired) electrons. The number of benzene rings is 1. The van der Waals surface area contributed by atoms with Crippen LogP contribution in [0.3, 0.4) is 0 Å². The fraction of sp³-hybridized carbons (Fsp3) is 0.400. The van der Waals surface area contributed by atoms with Crippen molar-refractivity contribution in [3.63, 3.8) is 0 Å². The predicted octanol–water partition coefficient (Wildman–Crippen LogP) is 3.31.